The molecule has 2 heterocycles. The summed E-state index contributed by atoms with van der Waals surface area (Å²) in [6, 6.07) is 6.55. The van der Waals surface area contributed by atoms with Crippen molar-refractivity contribution < 1.29 is 23.1 Å². The molecule has 0 aliphatic carbocycles. The molecule has 0 aromatic heterocycles. The van der Waals surface area contributed by atoms with Crippen LogP contribution in [0.4, 0.5) is 13.2 Å². The fourth-order valence-electron chi connectivity index (χ4n) is 4.22. The largest absolute Gasteiger partial charge is 0.393 e. The van der Waals surface area contributed by atoms with Gasteiger partial charge in [0, 0.05) is 20.1 Å². The summed E-state index contributed by atoms with van der Waals surface area (Å²) >= 11 is 0. The SMILES string of the molecule is CN1CC(O)CC2(CCN(Cc3ccc(CC(F)(F)F)cc3)CC2)C1=O. The number of nitrogens with zero attached hydrogens (tertiary/aromatic N) is 2. The number of benzene rings is 1. The molecule has 0 radical (unpaired) electrons. The van der Waals surface area contributed by atoms with E-state index in [-0.39, 0.29) is 11.5 Å². The maximum Gasteiger partial charge on any atom is 0.393 e. The standard InChI is InChI=1S/C19H25F3N2O2/c1-23-13-16(25)11-18(17(23)26)6-8-24(9-7-18)12-15-4-2-14(3-5-15)10-19(20,21)22/h2-5,16,25H,6-13H2,1H3. The van der Waals surface area contributed by atoms with Crippen LogP contribution in [-0.2, 0) is 17.8 Å². The maximum atomic E-state index is 12.6. The molecule has 2 aliphatic rings. The van der Waals surface area contributed by atoms with Crippen LogP contribution in [-0.4, -0.2) is 59.8 Å². The van der Waals surface area contributed by atoms with E-state index >= 15 is 0 Å². The van der Waals surface area contributed by atoms with Crippen LogP contribution in [0.3, 0.4) is 0 Å². The molecule has 1 atom stereocenters. The van der Waals surface area contributed by atoms with Gasteiger partial charge in [0.15, 0.2) is 0 Å². The first-order valence-electron chi connectivity index (χ1n) is 8.97. The third kappa shape index (κ3) is 4.38. The number of aliphatic hydroxyl groups excluding tert-OH is 1. The van der Waals surface area contributed by atoms with E-state index in [4.69, 9.17) is 0 Å². The zero-order valence-electron chi connectivity index (χ0n) is 14.9. The van der Waals surface area contributed by atoms with Crippen molar-refractivity contribution in [3.63, 3.8) is 0 Å². The Kier molecular flexibility index (Phi) is 5.30. The highest BCUT2D eigenvalue weighted by Gasteiger charge is 2.47. The molecule has 26 heavy (non-hydrogen) atoms. The predicted octanol–water partition coefficient (Wildman–Crippen LogP) is 2.60. The number of likely N-dealkylation sites (tertiary alicyclic amines) is 2. The lowest BCUT2D eigenvalue weighted by atomic mass is 9.71. The molecule has 7 heteroatoms. The number of amides is 1. The van der Waals surface area contributed by atoms with Gasteiger partial charge in [-0.25, -0.2) is 0 Å². The number of alkyl halides is 3. The molecular weight excluding hydrogens is 345 g/mol. The number of hydrogen-bond donors (Lipinski definition) is 1. The summed E-state index contributed by atoms with van der Waals surface area (Å²) in [5.41, 5.74) is 0.780. The molecule has 2 saturated heterocycles. The molecule has 144 valence electrons. The Hall–Kier alpha value is -1.60. The number of β-amino-alcohol motifs (C(OH)–C–C–N with tert-alkyl or cyclic N) is 1. The molecule has 1 unspecified atom stereocenters. The van der Waals surface area contributed by atoms with Gasteiger partial charge in [-0.05, 0) is 43.5 Å². The minimum atomic E-state index is -4.19. The first-order chi connectivity index (χ1) is 12.2. The number of rotatable bonds is 3. The van der Waals surface area contributed by atoms with Crippen molar-refractivity contribution in [3.8, 4) is 0 Å². The summed E-state index contributed by atoms with van der Waals surface area (Å²) in [6.07, 6.45) is -3.62. The van der Waals surface area contributed by atoms with Gasteiger partial charge >= 0.3 is 6.18 Å². The average Bonchev–Trinajstić information content (AvgIpc) is 2.55. The van der Waals surface area contributed by atoms with Crippen molar-refractivity contribution >= 4 is 5.91 Å². The highest BCUT2D eigenvalue weighted by Crippen LogP contribution is 2.40. The summed E-state index contributed by atoms with van der Waals surface area (Å²) < 4.78 is 37.3. The van der Waals surface area contributed by atoms with Crippen LogP contribution in [0.15, 0.2) is 24.3 Å². The van der Waals surface area contributed by atoms with Crippen molar-refractivity contribution in [3.05, 3.63) is 35.4 Å². The third-order valence-corrected chi connectivity index (χ3v) is 5.56. The quantitative estimate of drug-likeness (QED) is 0.890. The van der Waals surface area contributed by atoms with Crippen molar-refractivity contribution in [1.82, 2.24) is 9.80 Å². The zero-order valence-corrected chi connectivity index (χ0v) is 14.9. The maximum absolute atomic E-state index is 12.6. The topological polar surface area (TPSA) is 43.8 Å². The molecular formula is C19H25F3N2O2. The van der Waals surface area contributed by atoms with Gasteiger partial charge in [-0.15, -0.1) is 0 Å². The summed E-state index contributed by atoms with van der Waals surface area (Å²) in [7, 11) is 1.74. The Morgan fingerprint density at radius 3 is 2.31 bits per heavy atom. The van der Waals surface area contributed by atoms with Gasteiger partial charge in [0.05, 0.1) is 17.9 Å². The molecule has 1 spiro atoms. The monoisotopic (exact) mass is 370 g/mol. The van der Waals surface area contributed by atoms with E-state index in [9.17, 15) is 23.1 Å². The van der Waals surface area contributed by atoms with E-state index in [0.29, 0.717) is 32.4 Å². The normalized spacial score (nSPS) is 24.3. The molecule has 1 amide bonds. The summed E-state index contributed by atoms with van der Waals surface area (Å²) in [5, 5.41) is 10.0. The lowest BCUT2D eigenvalue weighted by Crippen LogP contribution is -2.56. The molecule has 1 aromatic rings. The van der Waals surface area contributed by atoms with Crippen molar-refractivity contribution in [2.24, 2.45) is 5.41 Å². The Labute approximate surface area is 151 Å². The molecule has 2 fully saturated rings. The van der Waals surface area contributed by atoms with Gasteiger partial charge in [-0.1, -0.05) is 24.3 Å². The molecule has 1 aromatic carbocycles. The Bertz CT molecular complexity index is 637. The van der Waals surface area contributed by atoms with Crippen LogP contribution in [0.5, 0.6) is 0 Å². The van der Waals surface area contributed by atoms with Gasteiger partial charge in [-0.3, -0.25) is 9.69 Å². The highest BCUT2D eigenvalue weighted by atomic mass is 19.4. The Morgan fingerprint density at radius 1 is 1.15 bits per heavy atom. The summed E-state index contributed by atoms with van der Waals surface area (Å²) in [5.74, 6) is 0.124. The van der Waals surface area contributed by atoms with Gasteiger partial charge in [0.2, 0.25) is 5.91 Å². The third-order valence-electron chi connectivity index (χ3n) is 5.56. The van der Waals surface area contributed by atoms with E-state index in [0.717, 1.165) is 18.7 Å². The fraction of sp³-hybridized carbons (Fsp3) is 0.632. The fourth-order valence-corrected chi connectivity index (χ4v) is 4.22. The van der Waals surface area contributed by atoms with Crippen molar-refractivity contribution in [1.29, 1.82) is 0 Å². The van der Waals surface area contributed by atoms with E-state index in [1.807, 2.05) is 0 Å². The average molecular weight is 370 g/mol. The first-order valence-corrected chi connectivity index (χ1v) is 8.97. The molecule has 2 aliphatic heterocycles. The van der Waals surface area contributed by atoms with E-state index in [1.54, 1.807) is 24.1 Å². The number of piperidine rings is 2. The number of carbonyl (C=O) groups is 1. The van der Waals surface area contributed by atoms with Gasteiger partial charge in [-0.2, -0.15) is 13.2 Å². The lowest BCUT2D eigenvalue weighted by molar-refractivity contribution is -0.154. The van der Waals surface area contributed by atoms with Crippen LogP contribution < -0.4 is 0 Å². The number of carbonyl (C=O) groups excluding carboxylic acids is 1. The van der Waals surface area contributed by atoms with E-state index in [2.05, 4.69) is 4.90 Å². The van der Waals surface area contributed by atoms with Crippen LogP contribution in [0, 0.1) is 5.41 Å². The van der Waals surface area contributed by atoms with Crippen LogP contribution >= 0.6 is 0 Å². The Balaban J connectivity index is 1.56. The molecule has 4 nitrogen and oxygen atoms in total. The van der Waals surface area contributed by atoms with Crippen LogP contribution in [0.25, 0.3) is 0 Å². The minimum Gasteiger partial charge on any atom is -0.391 e. The number of hydrogen-bond acceptors (Lipinski definition) is 3. The molecule has 0 bridgehead atoms. The second kappa shape index (κ2) is 7.19. The van der Waals surface area contributed by atoms with E-state index < -0.39 is 24.1 Å². The predicted molar refractivity (Wildman–Crippen MR) is 91.4 cm³/mol. The van der Waals surface area contributed by atoms with Gasteiger partial charge in [0.25, 0.3) is 0 Å². The Morgan fingerprint density at radius 2 is 1.73 bits per heavy atom. The smallest absolute Gasteiger partial charge is 0.391 e. The molecule has 1 N–H and O–H groups in total. The summed E-state index contributed by atoms with van der Waals surface area (Å²) in [4.78, 5) is 16.4. The number of aliphatic hydroxyl groups is 1. The van der Waals surface area contributed by atoms with Crippen molar-refractivity contribution in [2.45, 2.75) is 44.5 Å². The number of likely N-dealkylation sites (N-methyl/N-ethyl adjacent to an activating group) is 1. The van der Waals surface area contributed by atoms with Crippen LogP contribution in [0.1, 0.15) is 30.4 Å². The number of halogens is 3. The second-order valence-electron chi connectivity index (χ2n) is 7.71. The van der Waals surface area contributed by atoms with Crippen molar-refractivity contribution in [2.75, 3.05) is 26.7 Å². The minimum absolute atomic E-state index is 0.124. The lowest BCUT2D eigenvalue weighted by Gasteiger charge is -2.47. The summed E-state index contributed by atoms with van der Waals surface area (Å²) in [6.45, 7) is 2.55. The van der Waals surface area contributed by atoms with Crippen LogP contribution in [0.2, 0.25) is 0 Å². The van der Waals surface area contributed by atoms with E-state index in [1.165, 1.54) is 12.1 Å². The highest BCUT2D eigenvalue weighted by molar-refractivity contribution is 5.83. The van der Waals surface area contributed by atoms with Gasteiger partial charge < -0.3 is 10.0 Å². The zero-order chi connectivity index (χ0) is 18.9. The molecule has 3 rings (SSSR count). The second-order valence-corrected chi connectivity index (χ2v) is 7.71. The first kappa shape index (κ1) is 19.2. The molecule has 0 saturated carbocycles. The van der Waals surface area contributed by atoms with Gasteiger partial charge in [0.1, 0.15) is 0 Å².